The summed E-state index contributed by atoms with van der Waals surface area (Å²) in [4.78, 5) is 14.7. The predicted molar refractivity (Wildman–Crippen MR) is 122 cm³/mol. The van der Waals surface area contributed by atoms with E-state index in [1.807, 2.05) is 48.7 Å². The number of aliphatic hydroxyl groups is 2. The van der Waals surface area contributed by atoms with Gasteiger partial charge in [0.05, 0.1) is 36.8 Å². The van der Waals surface area contributed by atoms with Gasteiger partial charge in [0.2, 0.25) is 6.79 Å². The van der Waals surface area contributed by atoms with E-state index in [0.717, 1.165) is 38.5 Å². The van der Waals surface area contributed by atoms with Gasteiger partial charge in [-0.25, -0.2) is 9.97 Å². The number of aliphatic hydroxyl groups excluding tert-OH is 2. The zero-order valence-electron chi connectivity index (χ0n) is 17.4. The Bertz CT molecular complexity index is 1270. The van der Waals surface area contributed by atoms with Crippen LogP contribution in [0.3, 0.4) is 0 Å². The van der Waals surface area contributed by atoms with E-state index in [0.29, 0.717) is 23.9 Å². The molecule has 0 saturated carbocycles. The van der Waals surface area contributed by atoms with Crippen LogP contribution in [0.5, 0.6) is 11.5 Å². The number of nitrogens with one attached hydrogen (secondary N) is 1. The van der Waals surface area contributed by atoms with Crippen molar-refractivity contribution in [2.45, 2.75) is 19.4 Å². The summed E-state index contributed by atoms with van der Waals surface area (Å²) < 4.78 is 11.0. The molecule has 0 atom stereocenters. The molecule has 4 aromatic rings. The Labute approximate surface area is 188 Å². The first-order chi connectivity index (χ1) is 15.7. The Hall–Kier alpha value is -3.27. The maximum atomic E-state index is 9.66. The first kappa shape index (κ1) is 20.6. The van der Waals surface area contributed by atoms with Crippen LogP contribution in [0.1, 0.15) is 23.1 Å². The van der Waals surface area contributed by atoms with Crippen LogP contribution in [0.15, 0.2) is 41.8 Å². The largest absolute Gasteiger partial charge is 0.454 e. The Balaban J connectivity index is 1.60. The summed E-state index contributed by atoms with van der Waals surface area (Å²) in [5.41, 5.74) is 3.77. The fraction of sp³-hybridized carbons (Fsp3) is 0.261. The van der Waals surface area contributed by atoms with Gasteiger partial charge in [0.15, 0.2) is 11.5 Å². The van der Waals surface area contributed by atoms with Crippen molar-refractivity contribution in [1.82, 2.24) is 15.0 Å². The van der Waals surface area contributed by atoms with Crippen molar-refractivity contribution in [3.05, 3.63) is 59.0 Å². The zero-order chi connectivity index (χ0) is 22.1. The van der Waals surface area contributed by atoms with E-state index in [1.54, 1.807) is 0 Å². The van der Waals surface area contributed by atoms with Gasteiger partial charge >= 0.3 is 0 Å². The Morgan fingerprint density at radius 2 is 1.91 bits per heavy atom. The summed E-state index contributed by atoms with van der Waals surface area (Å²) >= 11 is 1.49. The number of hydrogen-bond donors (Lipinski definition) is 3. The highest BCUT2D eigenvalue weighted by Crippen LogP contribution is 2.41. The van der Waals surface area contributed by atoms with E-state index in [9.17, 15) is 10.2 Å². The highest BCUT2D eigenvalue weighted by Gasteiger charge is 2.21. The van der Waals surface area contributed by atoms with Gasteiger partial charge in [-0.15, -0.1) is 11.3 Å². The third-order valence-corrected chi connectivity index (χ3v) is 6.20. The maximum absolute atomic E-state index is 9.66. The number of aryl methyl sites for hydroxylation is 1. The average Bonchev–Trinajstić information content (AvgIpc) is 3.45. The van der Waals surface area contributed by atoms with Gasteiger partial charge in [-0.3, -0.25) is 4.98 Å². The van der Waals surface area contributed by atoms with Gasteiger partial charge in [0, 0.05) is 16.6 Å². The van der Waals surface area contributed by atoms with Crippen LogP contribution in [0, 0.1) is 6.92 Å². The lowest BCUT2D eigenvalue weighted by molar-refractivity contribution is 0.174. The molecule has 1 aliphatic rings. The third-order valence-electron chi connectivity index (χ3n) is 5.32. The van der Waals surface area contributed by atoms with Crippen LogP contribution in [-0.2, 0) is 6.54 Å². The lowest BCUT2D eigenvalue weighted by Crippen LogP contribution is -2.14. The standard InChI is InChI=1S/C23H22N4O4S/c1-13-3-2-4-16(25-13)8-24-22-20-17(14-5-6-18-19(7-14)31-12-30-18)11-32-23(20)27-21(26-22)15(9-28)10-29/h2-7,11,15,28-29H,8-10,12H2,1H3,(H,24,26,27). The van der Waals surface area contributed by atoms with Crippen molar-refractivity contribution in [3.63, 3.8) is 0 Å². The fourth-order valence-corrected chi connectivity index (χ4v) is 4.59. The monoisotopic (exact) mass is 450 g/mol. The van der Waals surface area contributed by atoms with Crippen molar-refractivity contribution in [2.24, 2.45) is 0 Å². The first-order valence-electron chi connectivity index (χ1n) is 10.2. The molecule has 3 aromatic heterocycles. The molecule has 8 nitrogen and oxygen atoms in total. The normalized spacial score (nSPS) is 12.6. The molecule has 0 aliphatic carbocycles. The van der Waals surface area contributed by atoms with E-state index in [4.69, 9.17) is 14.5 Å². The fourth-order valence-electron chi connectivity index (χ4n) is 3.64. The molecule has 0 spiro atoms. The smallest absolute Gasteiger partial charge is 0.231 e. The van der Waals surface area contributed by atoms with E-state index < -0.39 is 5.92 Å². The highest BCUT2D eigenvalue weighted by atomic mass is 32.1. The maximum Gasteiger partial charge on any atom is 0.231 e. The van der Waals surface area contributed by atoms with Crippen molar-refractivity contribution in [1.29, 1.82) is 0 Å². The van der Waals surface area contributed by atoms with Crippen LogP contribution >= 0.6 is 11.3 Å². The van der Waals surface area contributed by atoms with E-state index >= 15 is 0 Å². The number of pyridine rings is 1. The summed E-state index contributed by atoms with van der Waals surface area (Å²) in [5.74, 6) is 1.92. The summed E-state index contributed by atoms with van der Waals surface area (Å²) in [6.07, 6.45) is 0. The summed E-state index contributed by atoms with van der Waals surface area (Å²) in [6, 6.07) is 11.7. The average molecular weight is 451 g/mol. The van der Waals surface area contributed by atoms with Crippen molar-refractivity contribution >= 4 is 27.4 Å². The number of thiophene rings is 1. The second-order valence-corrected chi connectivity index (χ2v) is 8.37. The Kier molecular flexibility index (Phi) is 5.60. The molecule has 0 unspecified atom stereocenters. The topological polar surface area (TPSA) is 110 Å². The number of nitrogens with zero attached hydrogens (tertiary/aromatic N) is 3. The minimum Gasteiger partial charge on any atom is -0.454 e. The number of aromatic nitrogens is 3. The first-order valence-corrected chi connectivity index (χ1v) is 11.1. The molecule has 1 aliphatic heterocycles. The predicted octanol–water partition coefficient (Wildman–Crippen LogP) is 3.47. The highest BCUT2D eigenvalue weighted by molar-refractivity contribution is 7.17. The Morgan fingerprint density at radius 1 is 1.06 bits per heavy atom. The molecule has 32 heavy (non-hydrogen) atoms. The molecule has 0 amide bonds. The SMILES string of the molecule is Cc1cccc(CNc2nc(C(CO)CO)nc3scc(-c4ccc5c(c4)OCO5)c23)n1. The summed E-state index contributed by atoms with van der Waals surface area (Å²) in [5, 5.41) is 25.6. The quantitative estimate of drug-likeness (QED) is 0.393. The van der Waals surface area contributed by atoms with E-state index in [1.165, 1.54) is 11.3 Å². The van der Waals surface area contributed by atoms with Gasteiger partial charge in [-0.1, -0.05) is 12.1 Å². The van der Waals surface area contributed by atoms with Gasteiger partial charge in [-0.2, -0.15) is 0 Å². The third kappa shape index (κ3) is 3.86. The molecule has 164 valence electrons. The molecule has 0 radical (unpaired) electrons. The van der Waals surface area contributed by atoms with Crippen molar-refractivity contribution in [2.75, 3.05) is 25.3 Å². The molecular formula is C23H22N4O4S. The van der Waals surface area contributed by atoms with Crippen LogP contribution in [0.2, 0.25) is 0 Å². The number of benzene rings is 1. The van der Waals surface area contributed by atoms with Gasteiger partial charge in [0.25, 0.3) is 0 Å². The van der Waals surface area contributed by atoms with E-state index in [2.05, 4.69) is 15.3 Å². The second kappa shape index (κ2) is 8.70. The number of hydrogen-bond acceptors (Lipinski definition) is 9. The molecule has 4 heterocycles. The lowest BCUT2D eigenvalue weighted by Gasteiger charge is -2.14. The van der Waals surface area contributed by atoms with Crippen molar-refractivity contribution in [3.8, 4) is 22.6 Å². The van der Waals surface area contributed by atoms with Crippen LogP contribution < -0.4 is 14.8 Å². The molecule has 0 fully saturated rings. The van der Waals surface area contributed by atoms with E-state index in [-0.39, 0.29) is 20.0 Å². The second-order valence-electron chi connectivity index (χ2n) is 7.51. The lowest BCUT2D eigenvalue weighted by atomic mass is 10.0. The van der Waals surface area contributed by atoms with Crippen molar-refractivity contribution < 1.29 is 19.7 Å². The molecule has 9 heteroatoms. The van der Waals surface area contributed by atoms with Gasteiger partial charge in [-0.05, 0) is 36.8 Å². The minimum atomic E-state index is -0.548. The number of anilines is 1. The minimum absolute atomic E-state index is 0.218. The number of fused-ring (bicyclic) bond motifs is 2. The molecule has 3 N–H and O–H groups in total. The molecule has 0 bridgehead atoms. The number of ether oxygens (including phenoxy) is 2. The van der Waals surface area contributed by atoms with Gasteiger partial charge in [0.1, 0.15) is 16.5 Å². The molecule has 0 saturated heterocycles. The molecule has 1 aromatic carbocycles. The molecular weight excluding hydrogens is 428 g/mol. The molecule has 5 rings (SSSR count). The summed E-state index contributed by atoms with van der Waals surface area (Å²) in [6.45, 7) is 2.18. The van der Waals surface area contributed by atoms with Crippen LogP contribution in [-0.4, -0.2) is 45.2 Å². The zero-order valence-corrected chi connectivity index (χ0v) is 18.2. The number of rotatable bonds is 7. The summed E-state index contributed by atoms with van der Waals surface area (Å²) in [7, 11) is 0. The van der Waals surface area contributed by atoms with Gasteiger partial charge < -0.3 is 25.0 Å². The van der Waals surface area contributed by atoms with Crippen LogP contribution in [0.25, 0.3) is 21.3 Å². The Morgan fingerprint density at radius 3 is 2.72 bits per heavy atom. The van der Waals surface area contributed by atoms with Crippen LogP contribution in [0.4, 0.5) is 5.82 Å².